The molecular formula is C14H16N2O2S. The fourth-order valence-electron chi connectivity index (χ4n) is 1.84. The number of aliphatic carboxylic acids is 1. The van der Waals surface area contributed by atoms with Gasteiger partial charge < -0.3 is 5.11 Å². The minimum atomic E-state index is -0.805. The number of nitrogens with zero attached hydrogens (tertiary/aromatic N) is 2. The van der Waals surface area contributed by atoms with Crippen molar-refractivity contribution in [3.63, 3.8) is 0 Å². The van der Waals surface area contributed by atoms with Crippen molar-refractivity contribution in [2.45, 2.75) is 31.0 Å². The van der Waals surface area contributed by atoms with E-state index in [0.717, 1.165) is 15.9 Å². The summed E-state index contributed by atoms with van der Waals surface area (Å²) in [6.07, 6.45) is 0. The zero-order chi connectivity index (χ0) is 14.0. The number of aromatic nitrogens is 2. The van der Waals surface area contributed by atoms with Gasteiger partial charge in [-0.25, -0.2) is 9.97 Å². The molecule has 0 bridgehead atoms. The summed E-state index contributed by atoms with van der Waals surface area (Å²) in [4.78, 5) is 20.1. The molecule has 0 spiro atoms. The van der Waals surface area contributed by atoms with Crippen LogP contribution < -0.4 is 0 Å². The Bertz CT molecular complexity index is 613. The molecule has 0 aliphatic carbocycles. The van der Waals surface area contributed by atoms with E-state index in [-0.39, 0.29) is 5.92 Å². The van der Waals surface area contributed by atoms with E-state index in [4.69, 9.17) is 0 Å². The summed E-state index contributed by atoms with van der Waals surface area (Å²) in [6, 6.07) is 7.67. The maximum Gasteiger partial charge on any atom is 0.317 e. The molecule has 19 heavy (non-hydrogen) atoms. The summed E-state index contributed by atoms with van der Waals surface area (Å²) in [7, 11) is 0. The second-order valence-electron chi connectivity index (χ2n) is 4.71. The summed E-state index contributed by atoms with van der Waals surface area (Å²) in [5.41, 5.74) is 0.852. The van der Waals surface area contributed by atoms with Gasteiger partial charge in [0.15, 0.2) is 0 Å². The van der Waals surface area contributed by atoms with Crippen molar-refractivity contribution < 1.29 is 9.90 Å². The molecule has 1 heterocycles. The minimum Gasteiger partial charge on any atom is -0.480 e. The van der Waals surface area contributed by atoms with Gasteiger partial charge in [-0.3, -0.25) is 4.79 Å². The number of thioether (sulfide) groups is 1. The number of hydrogen-bond donors (Lipinski definition) is 1. The number of hydrogen-bond acceptors (Lipinski definition) is 4. The van der Waals surface area contributed by atoms with Crippen LogP contribution >= 0.6 is 11.8 Å². The first kappa shape index (κ1) is 13.8. The topological polar surface area (TPSA) is 63.1 Å². The van der Waals surface area contributed by atoms with E-state index in [9.17, 15) is 9.90 Å². The van der Waals surface area contributed by atoms with Crippen LogP contribution in [0.3, 0.4) is 0 Å². The number of rotatable bonds is 4. The van der Waals surface area contributed by atoms with Gasteiger partial charge >= 0.3 is 5.97 Å². The van der Waals surface area contributed by atoms with Gasteiger partial charge in [-0.1, -0.05) is 43.8 Å². The molecule has 0 fully saturated rings. The molecule has 1 aromatic carbocycles. The first-order chi connectivity index (χ1) is 8.99. The molecule has 2 aromatic rings. The SMILES string of the molecule is Cc1nc(S[C@@H](C(=O)O)C(C)C)c2ccccc2n1. The monoisotopic (exact) mass is 276 g/mol. The lowest BCUT2D eigenvalue weighted by Gasteiger charge is -2.16. The van der Waals surface area contributed by atoms with E-state index < -0.39 is 11.2 Å². The molecule has 0 unspecified atom stereocenters. The van der Waals surface area contributed by atoms with E-state index in [1.807, 2.05) is 45.0 Å². The highest BCUT2D eigenvalue weighted by molar-refractivity contribution is 8.00. The largest absolute Gasteiger partial charge is 0.480 e. The minimum absolute atomic E-state index is 0.0385. The van der Waals surface area contributed by atoms with Crippen molar-refractivity contribution in [3.05, 3.63) is 30.1 Å². The molecule has 1 N–H and O–H groups in total. The van der Waals surface area contributed by atoms with Gasteiger partial charge in [-0.2, -0.15) is 0 Å². The standard InChI is InChI=1S/C14H16N2O2S/c1-8(2)12(14(17)18)19-13-10-6-4-5-7-11(10)15-9(3)16-13/h4-8,12H,1-3H3,(H,17,18)/t12-/m1/s1. The summed E-state index contributed by atoms with van der Waals surface area (Å²) < 4.78 is 0. The number of benzene rings is 1. The molecule has 0 aliphatic rings. The molecule has 0 amide bonds. The molecule has 0 saturated carbocycles. The van der Waals surface area contributed by atoms with Gasteiger partial charge in [0.05, 0.1) is 5.52 Å². The van der Waals surface area contributed by atoms with Gasteiger partial charge in [0, 0.05) is 5.39 Å². The number of para-hydroxylation sites is 1. The summed E-state index contributed by atoms with van der Waals surface area (Å²) in [5.74, 6) is -0.106. The molecule has 0 saturated heterocycles. The summed E-state index contributed by atoms with van der Waals surface area (Å²) >= 11 is 1.30. The highest BCUT2D eigenvalue weighted by Gasteiger charge is 2.24. The van der Waals surface area contributed by atoms with Crippen LogP contribution in [0.5, 0.6) is 0 Å². The average Bonchev–Trinajstić information content (AvgIpc) is 2.34. The van der Waals surface area contributed by atoms with Crippen LogP contribution in [0.25, 0.3) is 10.9 Å². The lowest BCUT2D eigenvalue weighted by atomic mass is 10.1. The average molecular weight is 276 g/mol. The van der Waals surface area contributed by atoms with Crippen molar-refractivity contribution in [3.8, 4) is 0 Å². The maximum atomic E-state index is 11.3. The zero-order valence-corrected chi connectivity index (χ0v) is 11.9. The fraction of sp³-hybridized carbons (Fsp3) is 0.357. The lowest BCUT2D eigenvalue weighted by molar-refractivity contribution is -0.137. The van der Waals surface area contributed by atoms with E-state index >= 15 is 0 Å². The van der Waals surface area contributed by atoms with Gasteiger partial charge in [-0.05, 0) is 18.9 Å². The predicted molar refractivity (Wildman–Crippen MR) is 76.4 cm³/mol. The van der Waals surface area contributed by atoms with E-state index in [1.54, 1.807) is 0 Å². The number of fused-ring (bicyclic) bond motifs is 1. The molecule has 4 nitrogen and oxygen atoms in total. The van der Waals surface area contributed by atoms with Gasteiger partial charge in [-0.15, -0.1) is 0 Å². The molecule has 100 valence electrons. The Balaban J connectivity index is 2.47. The van der Waals surface area contributed by atoms with E-state index in [2.05, 4.69) is 9.97 Å². The molecular weight excluding hydrogens is 260 g/mol. The Morgan fingerprint density at radius 2 is 1.95 bits per heavy atom. The molecule has 5 heteroatoms. The van der Waals surface area contributed by atoms with E-state index in [0.29, 0.717) is 5.82 Å². The first-order valence-electron chi connectivity index (χ1n) is 6.12. The van der Waals surface area contributed by atoms with Gasteiger partial charge in [0.1, 0.15) is 16.1 Å². The van der Waals surface area contributed by atoms with Crippen LogP contribution in [0.1, 0.15) is 19.7 Å². The molecule has 0 radical (unpaired) electrons. The number of carboxylic acids is 1. The molecule has 1 atom stereocenters. The predicted octanol–water partition coefficient (Wildman–Crippen LogP) is 3.14. The van der Waals surface area contributed by atoms with Crippen molar-refractivity contribution in [2.75, 3.05) is 0 Å². The first-order valence-corrected chi connectivity index (χ1v) is 7.00. The Morgan fingerprint density at radius 3 is 2.58 bits per heavy atom. The molecule has 1 aromatic heterocycles. The van der Waals surface area contributed by atoms with Crippen LogP contribution in [-0.2, 0) is 4.79 Å². The Kier molecular flexibility index (Phi) is 4.04. The van der Waals surface area contributed by atoms with Gasteiger partial charge in [0.2, 0.25) is 0 Å². The van der Waals surface area contributed by atoms with Crippen LogP contribution in [0.2, 0.25) is 0 Å². The van der Waals surface area contributed by atoms with Crippen molar-refractivity contribution in [1.29, 1.82) is 0 Å². The van der Waals surface area contributed by atoms with Gasteiger partial charge in [0.25, 0.3) is 0 Å². The molecule has 0 aliphatic heterocycles. The quantitative estimate of drug-likeness (QED) is 0.686. The normalized spacial score (nSPS) is 12.8. The van der Waals surface area contributed by atoms with Crippen molar-refractivity contribution in [2.24, 2.45) is 5.92 Å². The third-order valence-electron chi connectivity index (χ3n) is 2.77. The Labute approximate surface area is 116 Å². The zero-order valence-electron chi connectivity index (χ0n) is 11.1. The van der Waals surface area contributed by atoms with Crippen LogP contribution in [-0.4, -0.2) is 26.3 Å². The van der Waals surface area contributed by atoms with E-state index in [1.165, 1.54) is 11.8 Å². The number of carbonyl (C=O) groups is 1. The highest BCUT2D eigenvalue weighted by Crippen LogP contribution is 2.31. The molecule has 2 rings (SSSR count). The van der Waals surface area contributed by atoms with Crippen molar-refractivity contribution >= 4 is 28.6 Å². The Hall–Kier alpha value is -1.62. The van der Waals surface area contributed by atoms with Crippen LogP contribution in [0.4, 0.5) is 0 Å². The fourth-order valence-corrected chi connectivity index (χ4v) is 2.94. The second kappa shape index (κ2) is 5.57. The third-order valence-corrected chi connectivity index (χ3v) is 4.30. The number of aryl methyl sites for hydroxylation is 1. The highest BCUT2D eigenvalue weighted by atomic mass is 32.2. The van der Waals surface area contributed by atoms with Crippen LogP contribution in [0.15, 0.2) is 29.3 Å². The summed E-state index contributed by atoms with van der Waals surface area (Å²) in [6.45, 7) is 5.63. The summed E-state index contributed by atoms with van der Waals surface area (Å²) in [5, 5.41) is 10.4. The smallest absolute Gasteiger partial charge is 0.317 e. The Morgan fingerprint density at radius 1 is 1.26 bits per heavy atom. The third kappa shape index (κ3) is 3.04. The van der Waals surface area contributed by atoms with Crippen LogP contribution in [0, 0.1) is 12.8 Å². The van der Waals surface area contributed by atoms with Crippen molar-refractivity contribution in [1.82, 2.24) is 9.97 Å². The number of carboxylic acid groups (broad SMARTS) is 1. The lowest BCUT2D eigenvalue weighted by Crippen LogP contribution is -2.22. The maximum absolute atomic E-state index is 11.3. The second-order valence-corrected chi connectivity index (χ2v) is 5.84.